The van der Waals surface area contributed by atoms with E-state index in [0.29, 0.717) is 23.6 Å². The van der Waals surface area contributed by atoms with Crippen LogP contribution in [0.3, 0.4) is 0 Å². The Morgan fingerprint density at radius 1 is 1.00 bits per heavy atom. The molecule has 4 rings (SSSR count). The smallest absolute Gasteiger partial charge is 0.335 e. The third-order valence-corrected chi connectivity index (χ3v) is 17.9. The zero-order valence-electron chi connectivity index (χ0n) is 24.3. The van der Waals surface area contributed by atoms with Crippen molar-refractivity contribution in [3.8, 4) is 0 Å². The largest absolute Gasteiger partial charge is 0.414 e. The molecule has 0 saturated carbocycles. The highest BCUT2D eigenvalue weighted by Gasteiger charge is 2.61. The number of aliphatic hydroxyl groups is 1. The van der Waals surface area contributed by atoms with E-state index in [0.717, 1.165) is 0 Å². The minimum absolute atomic E-state index is 0.152. The highest BCUT2D eigenvalue weighted by molar-refractivity contribution is 6.84. The van der Waals surface area contributed by atoms with Crippen LogP contribution in [0.4, 0.5) is 5.82 Å². The molecule has 2 aliphatic rings. The lowest BCUT2D eigenvalue weighted by atomic mass is 10.1. The maximum atomic E-state index is 11.7. The summed E-state index contributed by atoms with van der Waals surface area (Å²) in [6.07, 6.45) is 1.95. The van der Waals surface area contributed by atoms with E-state index in [1.54, 1.807) is 17.2 Å². The van der Waals surface area contributed by atoms with Gasteiger partial charge in [0.05, 0.1) is 19.3 Å². The predicted molar refractivity (Wildman–Crippen MR) is 151 cm³/mol. The molecule has 0 bridgehead atoms. The molecule has 0 unspecified atom stereocenters. The van der Waals surface area contributed by atoms with Crippen LogP contribution in [0.1, 0.15) is 61.6 Å². The summed E-state index contributed by atoms with van der Waals surface area (Å²) in [4.78, 5) is 19.5. The van der Waals surface area contributed by atoms with Gasteiger partial charge in [0, 0.05) is 14.1 Å². The fourth-order valence-electron chi connectivity index (χ4n) is 5.66. The van der Waals surface area contributed by atoms with Crippen molar-refractivity contribution >= 4 is 40.4 Å². The van der Waals surface area contributed by atoms with Crippen LogP contribution in [0.5, 0.6) is 0 Å². The number of aliphatic hydroxyl groups excluding tert-OH is 1. The van der Waals surface area contributed by atoms with Crippen LogP contribution in [-0.4, -0.2) is 92.0 Å². The first-order valence-electron chi connectivity index (χ1n) is 13.6. The van der Waals surface area contributed by atoms with Gasteiger partial charge < -0.3 is 27.7 Å². The Hall–Kier alpha value is -1.75. The number of hydrogen-bond donors (Lipinski definition) is 1. The summed E-state index contributed by atoms with van der Waals surface area (Å²) in [5.41, 5.74) is 1.82. The topological polar surface area (TPSA) is 116 Å². The molecule has 4 heterocycles. The lowest BCUT2D eigenvalue weighted by Crippen LogP contribution is -2.65. The van der Waals surface area contributed by atoms with Crippen molar-refractivity contribution in [1.82, 2.24) is 24.4 Å². The first-order valence-corrected chi connectivity index (χ1v) is 17.5. The van der Waals surface area contributed by atoms with E-state index < -0.39 is 41.7 Å². The van der Waals surface area contributed by atoms with Crippen LogP contribution < -0.4 is 0 Å². The standard InChI is InChI=1S/C25H44N6O5Si2/c1-15(2)37(16(3)4)33-11-19-22(35-38(36-37,17(5)6)18(7)8)21(32)25(34-19)31-14-28-20-23(29-13-30(9)10)26-12-27-24(20)31/h12-19,21-22,25,32H,11H2,1-10H3/t19-,21-,22-,25-/m1/s1. The molecule has 2 saturated heterocycles. The molecular formula is C25H44N6O5Si2. The Labute approximate surface area is 228 Å². The molecule has 0 spiro atoms. The molecule has 212 valence electrons. The number of aromatic nitrogens is 4. The molecule has 2 fully saturated rings. The fourth-order valence-corrected chi connectivity index (χ4v) is 16.9. The molecule has 1 N–H and O–H groups in total. The Bertz CT molecular complexity index is 1120. The molecule has 2 aromatic rings. The molecule has 0 amide bonds. The van der Waals surface area contributed by atoms with Crippen LogP contribution in [0.2, 0.25) is 22.2 Å². The summed E-state index contributed by atoms with van der Waals surface area (Å²) in [5.74, 6) is 0.449. The maximum absolute atomic E-state index is 11.7. The highest BCUT2D eigenvalue weighted by Crippen LogP contribution is 2.48. The lowest BCUT2D eigenvalue weighted by molar-refractivity contribution is -0.0570. The SMILES string of the molecule is CC(C)[Si]1(C(C)C)OC[C@H]2O[C@@H](n3cnc4c(N=CN(C)C)ncnc43)[C@H](O)[C@@H]2O[Si](C(C)C)(C(C)C)O1. The molecule has 0 radical (unpaired) electrons. The van der Waals surface area contributed by atoms with Gasteiger partial charge in [-0.25, -0.2) is 19.9 Å². The van der Waals surface area contributed by atoms with Crippen LogP contribution in [-0.2, 0) is 17.7 Å². The van der Waals surface area contributed by atoms with E-state index in [1.165, 1.54) is 6.33 Å². The number of imidazole rings is 1. The molecule has 38 heavy (non-hydrogen) atoms. The van der Waals surface area contributed by atoms with Gasteiger partial charge in [0.2, 0.25) is 0 Å². The first kappa shape index (κ1) is 29.2. The summed E-state index contributed by atoms with van der Waals surface area (Å²) in [5, 5.41) is 11.7. The second kappa shape index (κ2) is 11.0. The molecule has 4 atom stereocenters. The van der Waals surface area contributed by atoms with Crippen molar-refractivity contribution < 1.29 is 22.8 Å². The number of ether oxygens (including phenoxy) is 1. The van der Waals surface area contributed by atoms with Crippen LogP contribution >= 0.6 is 0 Å². The summed E-state index contributed by atoms with van der Waals surface area (Å²) in [7, 11) is -1.82. The van der Waals surface area contributed by atoms with Gasteiger partial charge in [-0.15, -0.1) is 0 Å². The molecular weight excluding hydrogens is 520 g/mol. The summed E-state index contributed by atoms with van der Waals surface area (Å²) >= 11 is 0. The zero-order chi connectivity index (χ0) is 28.0. The highest BCUT2D eigenvalue weighted by atomic mass is 28.5. The van der Waals surface area contributed by atoms with Crippen molar-refractivity contribution in [3.05, 3.63) is 12.7 Å². The van der Waals surface area contributed by atoms with Gasteiger partial charge in [-0.05, 0) is 22.2 Å². The van der Waals surface area contributed by atoms with Crippen molar-refractivity contribution in [1.29, 1.82) is 0 Å². The van der Waals surface area contributed by atoms with Crippen LogP contribution in [0, 0.1) is 0 Å². The number of hydrogen-bond acceptors (Lipinski definition) is 9. The predicted octanol–water partition coefficient (Wildman–Crippen LogP) is 4.26. The van der Waals surface area contributed by atoms with Gasteiger partial charge in [0.25, 0.3) is 0 Å². The monoisotopic (exact) mass is 564 g/mol. The number of nitrogens with zero attached hydrogens (tertiary/aromatic N) is 6. The van der Waals surface area contributed by atoms with Gasteiger partial charge in [0.1, 0.15) is 24.6 Å². The summed E-state index contributed by atoms with van der Waals surface area (Å²) < 4.78 is 29.3. The zero-order valence-corrected chi connectivity index (χ0v) is 26.3. The third kappa shape index (κ3) is 4.98. The number of fused-ring (bicyclic) bond motifs is 2. The molecule has 13 heteroatoms. The van der Waals surface area contributed by atoms with E-state index in [-0.39, 0.29) is 22.2 Å². The Morgan fingerprint density at radius 2 is 1.63 bits per heavy atom. The van der Waals surface area contributed by atoms with Gasteiger partial charge in [0.15, 0.2) is 23.2 Å². The van der Waals surface area contributed by atoms with Crippen molar-refractivity contribution in [3.63, 3.8) is 0 Å². The first-order chi connectivity index (χ1) is 17.8. The van der Waals surface area contributed by atoms with Gasteiger partial charge in [-0.1, -0.05) is 55.4 Å². The Kier molecular flexibility index (Phi) is 8.48. The molecule has 2 aromatic heterocycles. The summed E-state index contributed by atoms with van der Waals surface area (Å²) in [6.45, 7) is 17.7. The van der Waals surface area contributed by atoms with E-state index >= 15 is 0 Å². The van der Waals surface area contributed by atoms with Gasteiger partial charge in [-0.3, -0.25) is 4.57 Å². The van der Waals surface area contributed by atoms with Crippen molar-refractivity contribution in [2.75, 3.05) is 20.7 Å². The quantitative estimate of drug-likeness (QED) is 0.299. The lowest BCUT2D eigenvalue weighted by Gasteiger charge is -2.51. The van der Waals surface area contributed by atoms with Crippen LogP contribution in [0.25, 0.3) is 11.2 Å². The average Bonchev–Trinajstić information content (AvgIpc) is 3.38. The van der Waals surface area contributed by atoms with Crippen LogP contribution in [0.15, 0.2) is 17.6 Å². The van der Waals surface area contributed by atoms with E-state index in [9.17, 15) is 5.11 Å². The second-order valence-electron chi connectivity index (χ2n) is 11.8. The third-order valence-electron chi connectivity index (χ3n) is 7.67. The van der Waals surface area contributed by atoms with Gasteiger partial charge in [-0.2, -0.15) is 0 Å². The second-order valence-corrected chi connectivity index (χ2v) is 20.7. The maximum Gasteiger partial charge on any atom is 0.335 e. The Morgan fingerprint density at radius 3 is 2.21 bits per heavy atom. The minimum atomic E-state index is -2.88. The molecule has 0 aromatic carbocycles. The average molecular weight is 565 g/mol. The fraction of sp³-hybridized carbons (Fsp3) is 0.760. The summed E-state index contributed by atoms with van der Waals surface area (Å²) in [6, 6.07) is 0. The number of rotatable bonds is 7. The number of aliphatic imine (C=N–C) groups is 1. The van der Waals surface area contributed by atoms with E-state index in [4.69, 9.17) is 17.7 Å². The molecule has 0 aliphatic carbocycles. The van der Waals surface area contributed by atoms with E-state index in [1.807, 2.05) is 19.0 Å². The van der Waals surface area contributed by atoms with Crippen molar-refractivity contribution in [2.45, 2.75) is 102 Å². The van der Waals surface area contributed by atoms with Gasteiger partial charge >= 0.3 is 17.1 Å². The molecule has 11 nitrogen and oxygen atoms in total. The normalized spacial score (nSPS) is 27.6. The van der Waals surface area contributed by atoms with E-state index in [2.05, 4.69) is 75.3 Å². The van der Waals surface area contributed by atoms with Crippen molar-refractivity contribution in [2.24, 2.45) is 4.99 Å². The Balaban J connectivity index is 1.75. The minimum Gasteiger partial charge on any atom is -0.414 e. The molecule has 2 aliphatic heterocycles.